The van der Waals surface area contributed by atoms with Crippen LogP contribution in [0.25, 0.3) is 10.9 Å². The van der Waals surface area contributed by atoms with Gasteiger partial charge in [0, 0.05) is 0 Å². The zero-order valence-electron chi connectivity index (χ0n) is 16.0. The third kappa shape index (κ3) is 3.57. The van der Waals surface area contributed by atoms with Gasteiger partial charge in [-0.05, 0) is 47.5 Å². The smallest absolute Gasteiger partial charge is 0.262 e. The number of ether oxygens (including phenoxy) is 2. The molecule has 0 saturated carbocycles. The van der Waals surface area contributed by atoms with Crippen LogP contribution in [-0.4, -0.2) is 23.8 Å². The number of para-hydroxylation sites is 1. The maximum absolute atomic E-state index is 13.3. The Hall–Kier alpha value is -3.31. The molecule has 0 spiro atoms. The molecule has 1 heterocycles. The van der Waals surface area contributed by atoms with Crippen molar-refractivity contribution in [2.24, 2.45) is 0 Å². The van der Waals surface area contributed by atoms with Crippen LogP contribution in [0.5, 0.6) is 11.5 Å². The van der Waals surface area contributed by atoms with Crippen molar-refractivity contribution in [1.29, 1.82) is 0 Å². The van der Waals surface area contributed by atoms with Gasteiger partial charge in [-0.1, -0.05) is 41.9 Å². The molecule has 0 aliphatic carbocycles. The average Bonchev–Trinajstić information content (AvgIpc) is 2.77. The van der Waals surface area contributed by atoms with E-state index in [0.29, 0.717) is 15.9 Å². The highest BCUT2D eigenvalue weighted by atomic mass is 35.5. The van der Waals surface area contributed by atoms with Crippen LogP contribution in [-0.2, 0) is 0 Å². The lowest BCUT2D eigenvalue weighted by molar-refractivity contribution is 0.414. The van der Waals surface area contributed by atoms with Gasteiger partial charge < -0.3 is 9.47 Å². The van der Waals surface area contributed by atoms with Crippen LogP contribution in [0.15, 0.2) is 77.9 Å². The summed E-state index contributed by atoms with van der Waals surface area (Å²) in [5.41, 5.74) is 2.20. The maximum atomic E-state index is 13.3. The summed E-state index contributed by atoms with van der Waals surface area (Å²) >= 11 is 6.22. The van der Waals surface area contributed by atoms with Gasteiger partial charge in [-0.2, -0.15) is 0 Å². The largest absolute Gasteiger partial charge is 0.497 e. The second-order valence-corrected chi connectivity index (χ2v) is 6.95. The number of methoxy groups -OCH3 is 2. The highest BCUT2D eigenvalue weighted by Crippen LogP contribution is 2.29. The fraction of sp³-hybridized carbons (Fsp3) is 0.130. The molecule has 0 radical (unpaired) electrons. The lowest BCUT2D eigenvalue weighted by Crippen LogP contribution is -2.26. The van der Waals surface area contributed by atoms with Gasteiger partial charge in [-0.3, -0.25) is 9.36 Å². The molecule has 0 unspecified atom stereocenters. The number of aromatic nitrogens is 2. The van der Waals surface area contributed by atoms with Crippen molar-refractivity contribution in [3.8, 4) is 11.5 Å². The topological polar surface area (TPSA) is 53.4 Å². The fourth-order valence-electron chi connectivity index (χ4n) is 3.40. The molecule has 6 heteroatoms. The first-order valence-electron chi connectivity index (χ1n) is 9.05. The zero-order valence-corrected chi connectivity index (χ0v) is 16.8. The monoisotopic (exact) mass is 406 g/mol. The van der Waals surface area contributed by atoms with E-state index in [2.05, 4.69) is 4.98 Å². The summed E-state index contributed by atoms with van der Waals surface area (Å²) in [5, 5.41) is 0.934. The first-order chi connectivity index (χ1) is 14.1. The number of hydrogen-bond donors (Lipinski definition) is 0. The van der Waals surface area contributed by atoms with Crippen LogP contribution in [0.3, 0.4) is 0 Å². The predicted molar refractivity (Wildman–Crippen MR) is 114 cm³/mol. The van der Waals surface area contributed by atoms with E-state index >= 15 is 0 Å². The first kappa shape index (κ1) is 19.0. The van der Waals surface area contributed by atoms with Crippen molar-refractivity contribution < 1.29 is 9.47 Å². The van der Waals surface area contributed by atoms with Crippen molar-refractivity contribution in [1.82, 2.24) is 9.55 Å². The maximum Gasteiger partial charge on any atom is 0.262 e. The minimum Gasteiger partial charge on any atom is -0.497 e. The summed E-state index contributed by atoms with van der Waals surface area (Å²) in [6.07, 6.45) is 1.55. The number of benzene rings is 3. The number of fused-ring (bicyclic) bond motifs is 1. The molecule has 29 heavy (non-hydrogen) atoms. The molecule has 0 aliphatic rings. The summed E-state index contributed by atoms with van der Waals surface area (Å²) in [7, 11) is 3.24. The Labute approximate surface area is 173 Å². The number of nitrogens with zero attached hydrogens (tertiary/aromatic N) is 2. The lowest BCUT2D eigenvalue weighted by Gasteiger charge is -2.21. The molecule has 0 aliphatic heterocycles. The van der Waals surface area contributed by atoms with Crippen LogP contribution in [0.1, 0.15) is 17.2 Å². The average molecular weight is 407 g/mol. The molecular formula is C23H19ClN2O3. The van der Waals surface area contributed by atoms with Crippen molar-refractivity contribution in [3.05, 3.63) is 99.6 Å². The normalized spacial score (nSPS) is 11.0. The van der Waals surface area contributed by atoms with Gasteiger partial charge in [-0.25, -0.2) is 4.98 Å². The summed E-state index contributed by atoms with van der Waals surface area (Å²) in [5.74, 6) is 1.50. The van der Waals surface area contributed by atoms with Crippen LogP contribution in [0.4, 0.5) is 0 Å². The van der Waals surface area contributed by atoms with Gasteiger partial charge in [0.15, 0.2) is 0 Å². The highest BCUT2D eigenvalue weighted by Gasteiger charge is 2.20. The Balaban J connectivity index is 1.93. The number of rotatable bonds is 5. The zero-order chi connectivity index (χ0) is 20.4. The van der Waals surface area contributed by atoms with E-state index in [9.17, 15) is 4.79 Å². The molecule has 146 valence electrons. The van der Waals surface area contributed by atoms with Gasteiger partial charge in [-0.15, -0.1) is 0 Å². The minimum atomic E-state index is -0.366. The molecule has 0 N–H and O–H groups in total. The van der Waals surface area contributed by atoms with E-state index in [-0.39, 0.29) is 11.6 Å². The SMILES string of the molecule is COc1ccc(C(c2ccc(OC)cc2)n2cnc3c(Cl)cccc3c2=O)cc1. The summed E-state index contributed by atoms with van der Waals surface area (Å²) < 4.78 is 12.2. The Morgan fingerprint density at radius 2 is 1.41 bits per heavy atom. The highest BCUT2D eigenvalue weighted by molar-refractivity contribution is 6.34. The minimum absolute atomic E-state index is 0.158. The van der Waals surface area contributed by atoms with Gasteiger partial charge in [0.05, 0.1) is 42.5 Å². The van der Waals surface area contributed by atoms with Crippen molar-refractivity contribution in [2.45, 2.75) is 6.04 Å². The molecule has 0 atom stereocenters. The van der Waals surface area contributed by atoms with E-state index in [1.165, 1.54) is 0 Å². The van der Waals surface area contributed by atoms with Crippen molar-refractivity contribution >= 4 is 22.5 Å². The molecule has 1 aromatic heterocycles. The number of hydrogen-bond acceptors (Lipinski definition) is 4. The molecule has 3 aromatic carbocycles. The standard InChI is InChI=1S/C23H19ClN2O3/c1-28-17-10-6-15(7-11-17)22(16-8-12-18(29-2)13-9-16)26-14-25-21-19(23(26)27)4-3-5-20(21)24/h3-14,22H,1-2H3. The Morgan fingerprint density at radius 1 is 0.862 bits per heavy atom. The molecule has 0 fully saturated rings. The van der Waals surface area contributed by atoms with E-state index in [1.54, 1.807) is 43.3 Å². The van der Waals surface area contributed by atoms with E-state index in [1.807, 2.05) is 48.5 Å². The molecular weight excluding hydrogens is 388 g/mol. The summed E-state index contributed by atoms with van der Waals surface area (Å²) in [4.78, 5) is 17.8. The molecule has 0 saturated heterocycles. The fourth-order valence-corrected chi connectivity index (χ4v) is 3.62. The van der Waals surface area contributed by atoms with Gasteiger partial charge in [0.2, 0.25) is 0 Å². The van der Waals surface area contributed by atoms with Crippen LogP contribution < -0.4 is 15.0 Å². The summed E-state index contributed by atoms with van der Waals surface area (Å²) in [6, 6.07) is 20.2. The first-order valence-corrected chi connectivity index (χ1v) is 9.43. The van der Waals surface area contributed by atoms with Crippen LogP contribution in [0, 0.1) is 0 Å². The van der Waals surface area contributed by atoms with Gasteiger partial charge in [0.25, 0.3) is 5.56 Å². The third-order valence-electron chi connectivity index (χ3n) is 4.90. The molecule has 4 rings (SSSR count). The van der Waals surface area contributed by atoms with Crippen LogP contribution >= 0.6 is 11.6 Å². The molecule has 4 aromatic rings. The van der Waals surface area contributed by atoms with E-state index < -0.39 is 0 Å². The Kier molecular flexibility index (Phi) is 5.23. The number of halogens is 1. The lowest BCUT2D eigenvalue weighted by atomic mass is 9.98. The van der Waals surface area contributed by atoms with Crippen molar-refractivity contribution in [2.75, 3.05) is 14.2 Å². The Bertz CT molecular complexity index is 1150. The molecule has 0 amide bonds. The van der Waals surface area contributed by atoms with Gasteiger partial charge in [0.1, 0.15) is 11.5 Å². The second kappa shape index (κ2) is 7.97. The van der Waals surface area contributed by atoms with Gasteiger partial charge >= 0.3 is 0 Å². The molecule has 5 nitrogen and oxygen atoms in total. The quantitative estimate of drug-likeness (QED) is 0.482. The third-order valence-corrected chi connectivity index (χ3v) is 5.21. The predicted octanol–water partition coefficient (Wildman–Crippen LogP) is 4.70. The molecule has 0 bridgehead atoms. The Morgan fingerprint density at radius 3 is 1.93 bits per heavy atom. The van der Waals surface area contributed by atoms with Crippen LogP contribution in [0.2, 0.25) is 5.02 Å². The van der Waals surface area contributed by atoms with E-state index in [4.69, 9.17) is 21.1 Å². The van der Waals surface area contributed by atoms with Crippen molar-refractivity contribution in [3.63, 3.8) is 0 Å². The summed E-state index contributed by atoms with van der Waals surface area (Å²) in [6.45, 7) is 0. The second-order valence-electron chi connectivity index (χ2n) is 6.54. The van der Waals surface area contributed by atoms with E-state index in [0.717, 1.165) is 22.6 Å².